The van der Waals surface area contributed by atoms with Gasteiger partial charge in [-0.25, -0.2) is 8.42 Å². The third-order valence-corrected chi connectivity index (χ3v) is 6.41. The van der Waals surface area contributed by atoms with Gasteiger partial charge in [0.15, 0.2) is 9.84 Å². The molecule has 2 N–H and O–H groups in total. The van der Waals surface area contributed by atoms with Crippen molar-refractivity contribution in [2.45, 2.75) is 64.7 Å². The predicted octanol–water partition coefficient (Wildman–Crippen LogP) is 2.04. The van der Waals surface area contributed by atoms with Crippen LogP contribution in [0, 0.1) is 0 Å². The van der Waals surface area contributed by atoms with Gasteiger partial charge in [0, 0.05) is 18.6 Å². The predicted molar refractivity (Wildman–Crippen MR) is 83.2 cm³/mol. The summed E-state index contributed by atoms with van der Waals surface area (Å²) in [6.45, 7) is 12.0. The van der Waals surface area contributed by atoms with E-state index in [0.29, 0.717) is 13.1 Å². The zero-order valence-electron chi connectivity index (χ0n) is 13.3. The number of nitrogens with two attached hydrogens (primary N) is 1. The molecule has 0 aliphatic rings. The van der Waals surface area contributed by atoms with Crippen LogP contribution in [0.15, 0.2) is 0 Å². The largest absolute Gasteiger partial charge is 0.329 e. The van der Waals surface area contributed by atoms with Crippen molar-refractivity contribution in [3.63, 3.8) is 0 Å². The molecular weight excluding hydrogens is 260 g/mol. The van der Waals surface area contributed by atoms with Gasteiger partial charge in [0.05, 0.1) is 11.0 Å². The molecule has 5 heteroatoms. The van der Waals surface area contributed by atoms with E-state index in [4.69, 9.17) is 5.73 Å². The van der Waals surface area contributed by atoms with Gasteiger partial charge < -0.3 is 5.73 Å². The lowest BCUT2D eigenvalue weighted by atomic mass is 9.90. The van der Waals surface area contributed by atoms with E-state index in [1.54, 1.807) is 13.8 Å². The zero-order chi connectivity index (χ0) is 15.1. The summed E-state index contributed by atoms with van der Waals surface area (Å²) in [6, 6.07) is 0. The fourth-order valence-electron chi connectivity index (χ4n) is 2.44. The van der Waals surface area contributed by atoms with Gasteiger partial charge in [0.1, 0.15) is 0 Å². The fraction of sp³-hybridized carbons (Fsp3) is 1.00. The molecule has 0 rings (SSSR count). The Labute approximate surface area is 119 Å². The second-order valence-electron chi connectivity index (χ2n) is 5.54. The Hall–Kier alpha value is -0.130. The lowest BCUT2D eigenvalue weighted by molar-refractivity contribution is 0.0916. The molecule has 0 unspecified atom stereocenters. The van der Waals surface area contributed by atoms with E-state index >= 15 is 0 Å². The van der Waals surface area contributed by atoms with Crippen LogP contribution in [0.3, 0.4) is 0 Å². The summed E-state index contributed by atoms with van der Waals surface area (Å²) in [5.74, 6) is 0.229. The van der Waals surface area contributed by atoms with E-state index in [2.05, 4.69) is 25.7 Å². The third kappa shape index (κ3) is 5.04. The lowest BCUT2D eigenvalue weighted by Crippen LogP contribution is -2.54. The van der Waals surface area contributed by atoms with E-state index < -0.39 is 9.84 Å². The van der Waals surface area contributed by atoms with Crippen LogP contribution in [0.2, 0.25) is 0 Å². The molecule has 0 aliphatic carbocycles. The van der Waals surface area contributed by atoms with Gasteiger partial charge in [-0.1, -0.05) is 20.8 Å². The molecule has 116 valence electrons. The molecule has 0 saturated heterocycles. The first-order chi connectivity index (χ1) is 8.79. The molecule has 0 aromatic rings. The van der Waals surface area contributed by atoms with Crippen molar-refractivity contribution in [3.8, 4) is 0 Å². The standard InChI is InChI=1S/C14H32N2O2S/c1-6-9-16(14(7-2,8-3)12-15)10-11-19(17,18)13(4)5/h13H,6-12,15H2,1-5H3. The molecule has 0 atom stereocenters. The number of hydrogen-bond acceptors (Lipinski definition) is 4. The minimum atomic E-state index is -2.98. The normalized spacial score (nSPS) is 13.5. The Morgan fingerprint density at radius 2 is 1.63 bits per heavy atom. The first kappa shape index (κ1) is 18.9. The lowest BCUT2D eigenvalue weighted by Gasteiger charge is -2.42. The van der Waals surface area contributed by atoms with E-state index in [1.165, 1.54) is 0 Å². The van der Waals surface area contributed by atoms with Crippen LogP contribution in [-0.4, -0.2) is 49.5 Å². The Morgan fingerprint density at radius 3 is 1.95 bits per heavy atom. The molecule has 0 heterocycles. The Morgan fingerprint density at radius 1 is 1.11 bits per heavy atom. The number of nitrogens with zero attached hydrogens (tertiary/aromatic N) is 1. The molecule has 0 aromatic carbocycles. The van der Waals surface area contributed by atoms with Gasteiger partial charge in [0.2, 0.25) is 0 Å². The van der Waals surface area contributed by atoms with Crippen LogP contribution in [0.5, 0.6) is 0 Å². The Bertz CT molecular complexity index is 327. The summed E-state index contributed by atoms with van der Waals surface area (Å²) in [7, 11) is -2.98. The van der Waals surface area contributed by atoms with Crippen LogP contribution >= 0.6 is 0 Å². The summed E-state index contributed by atoms with van der Waals surface area (Å²) in [6.07, 6.45) is 2.94. The summed E-state index contributed by atoms with van der Waals surface area (Å²) in [4.78, 5) is 2.28. The van der Waals surface area contributed by atoms with Crippen LogP contribution in [-0.2, 0) is 9.84 Å². The minimum absolute atomic E-state index is 0.0531. The first-order valence-electron chi connectivity index (χ1n) is 7.46. The molecule has 4 nitrogen and oxygen atoms in total. The minimum Gasteiger partial charge on any atom is -0.329 e. The van der Waals surface area contributed by atoms with Crippen molar-refractivity contribution in [2.75, 3.05) is 25.4 Å². The van der Waals surface area contributed by atoms with Gasteiger partial charge in [-0.3, -0.25) is 4.90 Å². The van der Waals surface area contributed by atoms with Crippen LogP contribution in [0.4, 0.5) is 0 Å². The molecule has 0 amide bonds. The Kier molecular flexibility index (Phi) is 8.17. The SMILES string of the molecule is CCCN(CCS(=O)(=O)C(C)C)C(CC)(CC)CN. The van der Waals surface area contributed by atoms with Crippen LogP contribution < -0.4 is 5.73 Å². The molecule has 0 aliphatic heterocycles. The second-order valence-corrected chi connectivity index (χ2v) is 8.22. The molecule has 19 heavy (non-hydrogen) atoms. The van der Waals surface area contributed by atoms with Gasteiger partial charge in [0.25, 0.3) is 0 Å². The zero-order valence-corrected chi connectivity index (χ0v) is 14.1. The summed E-state index contributed by atoms with van der Waals surface area (Å²) in [5.41, 5.74) is 5.91. The summed E-state index contributed by atoms with van der Waals surface area (Å²) in [5, 5.41) is -0.300. The summed E-state index contributed by atoms with van der Waals surface area (Å²) < 4.78 is 23.9. The highest BCUT2D eigenvalue weighted by atomic mass is 32.2. The molecule has 0 radical (unpaired) electrons. The number of sulfone groups is 1. The van der Waals surface area contributed by atoms with Gasteiger partial charge in [-0.2, -0.15) is 0 Å². The maximum atomic E-state index is 12.0. The van der Waals surface area contributed by atoms with E-state index in [1.807, 2.05) is 0 Å². The quantitative estimate of drug-likeness (QED) is 0.669. The number of hydrogen-bond donors (Lipinski definition) is 1. The summed E-state index contributed by atoms with van der Waals surface area (Å²) >= 11 is 0. The molecule has 0 bridgehead atoms. The monoisotopic (exact) mass is 292 g/mol. The van der Waals surface area contributed by atoms with Crippen molar-refractivity contribution < 1.29 is 8.42 Å². The molecule has 0 aromatic heterocycles. The van der Waals surface area contributed by atoms with Crippen molar-refractivity contribution in [1.82, 2.24) is 4.90 Å². The van der Waals surface area contributed by atoms with Gasteiger partial charge in [-0.15, -0.1) is 0 Å². The molecule has 0 spiro atoms. The fourth-order valence-corrected chi connectivity index (χ4v) is 3.39. The van der Waals surface area contributed by atoms with Crippen molar-refractivity contribution in [3.05, 3.63) is 0 Å². The molecule has 0 saturated carbocycles. The van der Waals surface area contributed by atoms with Crippen LogP contribution in [0.1, 0.15) is 53.9 Å². The highest BCUT2D eigenvalue weighted by molar-refractivity contribution is 7.92. The van der Waals surface area contributed by atoms with E-state index in [-0.39, 0.29) is 16.5 Å². The van der Waals surface area contributed by atoms with Crippen LogP contribution in [0.25, 0.3) is 0 Å². The van der Waals surface area contributed by atoms with E-state index in [0.717, 1.165) is 25.8 Å². The average molecular weight is 292 g/mol. The van der Waals surface area contributed by atoms with Gasteiger partial charge in [-0.05, 0) is 39.7 Å². The average Bonchev–Trinajstić information content (AvgIpc) is 2.38. The maximum Gasteiger partial charge on any atom is 0.153 e. The number of rotatable bonds is 10. The highest BCUT2D eigenvalue weighted by Crippen LogP contribution is 2.23. The maximum absolute atomic E-state index is 12.0. The highest BCUT2D eigenvalue weighted by Gasteiger charge is 2.32. The van der Waals surface area contributed by atoms with Gasteiger partial charge >= 0.3 is 0 Å². The topological polar surface area (TPSA) is 63.4 Å². The smallest absolute Gasteiger partial charge is 0.153 e. The third-order valence-electron chi connectivity index (χ3n) is 4.22. The van der Waals surface area contributed by atoms with Crippen molar-refractivity contribution in [2.24, 2.45) is 5.73 Å². The second kappa shape index (κ2) is 8.22. The van der Waals surface area contributed by atoms with Crippen molar-refractivity contribution >= 4 is 9.84 Å². The van der Waals surface area contributed by atoms with E-state index in [9.17, 15) is 8.42 Å². The Balaban J connectivity index is 4.93. The first-order valence-corrected chi connectivity index (χ1v) is 9.17. The molecular formula is C14H32N2O2S. The molecule has 0 fully saturated rings. The van der Waals surface area contributed by atoms with Crippen molar-refractivity contribution in [1.29, 1.82) is 0 Å².